The van der Waals surface area contributed by atoms with Crippen molar-refractivity contribution in [1.29, 1.82) is 0 Å². The maximum atomic E-state index is 16.5. The number of aliphatic imine (C=N–C) groups is 1. The minimum Gasteiger partial charge on any atom is -0.404 e. The van der Waals surface area contributed by atoms with Crippen LogP contribution in [0.1, 0.15) is 42.3 Å². The van der Waals surface area contributed by atoms with Crippen molar-refractivity contribution in [2.24, 2.45) is 10.7 Å². The van der Waals surface area contributed by atoms with Crippen molar-refractivity contribution < 1.29 is 9.18 Å². The molecular weight excluding hydrogens is 519 g/mol. The van der Waals surface area contributed by atoms with Gasteiger partial charge in [0.1, 0.15) is 24.0 Å². The number of halogens is 1. The molecule has 5 rings (SSSR count). The lowest BCUT2D eigenvalue weighted by Gasteiger charge is -2.25. The predicted octanol–water partition coefficient (Wildman–Crippen LogP) is 5.49. The fourth-order valence-corrected chi connectivity index (χ4v) is 4.79. The number of carbonyl (C=O) groups excluding carboxylic acids is 1. The van der Waals surface area contributed by atoms with E-state index in [0.29, 0.717) is 35.0 Å². The maximum Gasteiger partial charge on any atom is 0.224 e. The van der Waals surface area contributed by atoms with Crippen LogP contribution in [0.4, 0.5) is 15.9 Å². The van der Waals surface area contributed by atoms with Gasteiger partial charge in [0.25, 0.3) is 0 Å². The molecule has 3 aromatic heterocycles. The van der Waals surface area contributed by atoms with Crippen LogP contribution >= 0.6 is 0 Å². The summed E-state index contributed by atoms with van der Waals surface area (Å²) in [6.45, 7) is 7.91. The number of anilines is 2. The van der Waals surface area contributed by atoms with Crippen LogP contribution in [0.15, 0.2) is 72.8 Å². The van der Waals surface area contributed by atoms with Gasteiger partial charge in [0.05, 0.1) is 28.5 Å². The van der Waals surface area contributed by atoms with Gasteiger partial charge in [0.15, 0.2) is 5.82 Å². The van der Waals surface area contributed by atoms with Crippen molar-refractivity contribution in [3.05, 3.63) is 96.1 Å². The van der Waals surface area contributed by atoms with E-state index in [1.807, 2.05) is 39.1 Å². The first-order valence-electron chi connectivity index (χ1n) is 13.3. The monoisotopic (exact) mass is 550 g/mol. The first kappa shape index (κ1) is 27.4. The summed E-state index contributed by atoms with van der Waals surface area (Å²) in [5.74, 6) is 0.239. The summed E-state index contributed by atoms with van der Waals surface area (Å²) in [7, 11) is 1.81. The van der Waals surface area contributed by atoms with Crippen molar-refractivity contribution in [2.45, 2.75) is 26.7 Å². The van der Waals surface area contributed by atoms with Crippen molar-refractivity contribution >= 4 is 39.7 Å². The fourth-order valence-electron chi connectivity index (χ4n) is 4.79. The van der Waals surface area contributed by atoms with Crippen LogP contribution in [-0.2, 0) is 4.79 Å². The second kappa shape index (κ2) is 11.5. The molecule has 0 bridgehead atoms. The Bertz CT molecular complexity index is 1750. The number of hydrogen-bond acceptors (Lipinski definition) is 7. The number of nitrogens with zero attached hydrogens (tertiary/aromatic N) is 5. The van der Waals surface area contributed by atoms with Gasteiger partial charge in [-0.15, -0.1) is 0 Å². The predicted molar refractivity (Wildman–Crippen MR) is 162 cm³/mol. The zero-order valence-electron chi connectivity index (χ0n) is 23.2. The molecule has 0 saturated heterocycles. The molecule has 9 nitrogen and oxygen atoms in total. The molecule has 4 heterocycles. The number of H-pyrrole nitrogens is 1. The third kappa shape index (κ3) is 5.23. The highest BCUT2D eigenvalue weighted by atomic mass is 19.1. The highest BCUT2D eigenvalue weighted by molar-refractivity contribution is 6.16. The Morgan fingerprint density at radius 1 is 1.29 bits per heavy atom. The Balaban J connectivity index is 1.62. The summed E-state index contributed by atoms with van der Waals surface area (Å²) in [6, 6.07) is 5.62. The van der Waals surface area contributed by atoms with Gasteiger partial charge in [0, 0.05) is 48.8 Å². The summed E-state index contributed by atoms with van der Waals surface area (Å²) < 4.78 is 16.5. The molecule has 1 aliphatic rings. The molecule has 208 valence electrons. The smallest absolute Gasteiger partial charge is 0.224 e. The van der Waals surface area contributed by atoms with Gasteiger partial charge in [-0.1, -0.05) is 43.9 Å². The zero-order chi connectivity index (χ0) is 29.1. The van der Waals surface area contributed by atoms with Crippen molar-refractivity contribution in [1.82, 2.24) is 19.9 Å². The number of allylic oxidation sites excluding steroid dienone is 4. The van der Waals surface area contributed by atoms with Crippen molar-refractivity contribution in [3.8, 4) is 11.1 Å². The van der Waals surface area contributed by atoms with E-state index in [4.69, 9.17) is 15.7 Å². The first-order valence-corrected chi connectivity index (χ1v) is 13.3. The minimum absolute atomic E-state index is 0.126. The molecule has 0 atom stereocenters. The van der Waals surface area contributed by atoms with Gasteiger partial charge < -0.3 is 20.9 Å². The number of benzene rings is 1. The third-order valence-electron chi connectivity index (χ3n) is 6.82. The van der Waals surface area contributed by atoms with Gasteiger partial charge in [0.2, 0.25) is 5.91 Å². The molecule has 1 amide bonds. The van der Waals surface area contributed by atoms with Crippen molar-refractivity contribution in [2.75, 3.05) is 23.9 Å². The minimum atomic E-state index is -0.506. The molecule has 41 heavy (non-hydrogen) atoms. The van der Waals surface area contributed by atoms with E-state index < -0.39 is 5.82 Å². The van der Waals surface area contributed by atoms with Crippen LogP contribution in [0.5, 0.6) is 0 Å². The lowest BCUT2D eigenvalue weighted by atomic mass is 10.0. The molecule has 0 fully saturated rings. The first-order chi connectivity index (χ1) is 19.9. The third-order valence-corrected chi connectivity index (χ3v) is 6.82. The Labute approximate surface area is 237 Å². The number of pyridine rings is 2. The SMILES string of the molecule is C=C/C=C\C(=C/N)c1ccc(C)c2nc(C3=NCN(C)c4ncc(-c5cncc(NC(=O)CCC)c5)c(F)c43)[nH]c12. The Kier molecular flexibility index (Phi) is 7.73. The summed E-state index contributed by atoms with van der Waals surface area (Å²) >= 11 is 0. The number of aromatic nitrogens is 4. The average Bonchev–Trinajstić information content (AvgIpc) is 3.41. The molecule has 0 saturated carbocycles. The molecule has 4 N–H and O–H groups in total. The molecular formula is C31H31FN8O. The van der Waals surface area contributed by atoms with E-state index in [2.05, 4.69) is 26.8 Å². The lowest BCUT2D eigenvalue weighted by Crippen LogP contribution is -2.29. The Hall–Kier alpha value is -5.12. The molecule has 1 aliphatic heterocycles. The summed E-state index contributed by atoms with van der Waals surface area (Å²) in [5, 5.41) is 2.81. The van der Waals surface area contributed by atoms with Gasteiger partial charge >= 0.3 is 0 Å². The second-order valence-corrected chi connectivity index (χ2v) is 9.75. The second-order valence-electron chi connectivity index (χ2n) is 9.75. The van der Waals surface area contributed by atoms with E-state index in [-0.39, 0.29) is 23.7 Å². The van der Waals surface area contributed by atoms with E-state index in [1.165, 1.54) is 18.6 Å². The fraction of sp³-hybridized carbons (Fsp3) is 0.194. The number of amides is 1. The molecule has 0 aliphatic carbocycles. The number of aromatic amines is 1. The number of imidazole rings is 1. The number of aryl methyl sites for hydroxylation is 1. The Morgan fingerprint density at radius 2 is 2.12 bits per heavy atom. The number of rotatable bonds is 8. The van der Waals surface area contributed by atoms with E-state index >= 15 is 4.39 Å². The summed E-state index contributed by atoms with van der Waals surface area (Å²) in [5.41, 5.74) is 11.8. The van der Waals surface area contributed by atoms with Crippen LogP contribution in [-0.4, -0.2) is 45.3 Å². The van der Waals surface area contributed by atoms with Crippen LogP contribution in [0.3, 0.4) is 0 Å². The Morgan fingerprint density at radius 3 is 2.88 bits per heavy atom. The van der Waals surface area contributed by atoms with Gasteiger partial charge in [-0.3, -0.25) is 14.8 Å². The van der Waals surface area contributed by atoms with E-state index in [1.54, 1.807) is 29.3 Å². The molecule has 0 spiro atoms. The van der Waals surface area contributed by atoms with Crippen LogP contribution < -0.4 is 16.0 Å². The number of nitrogens with one attached hydrogen (secondary N) is 2. The highest BCUT2D eigenvalue weighted by Crippen LogP contribution is 2.35. The highest BCUT2D eigenvalue weighted by Gasteiger charge is 2.29. The van der Waals surface area contributed by atoms with Crippen LogP contribution in [0.25, 0.3) is 27.7 Å². The molecule has 1 aromatic carbocycles. The number of hydrogen-bond donors (Lipinski definition) is 3. The summed E-state index contributed by atoms with van der Waals surface area (Å²) in [6.07, 6.45) is 12.5. The average molecular weight is 551 g/mol. The van der Waals surface area contributed by atoms with Crippen LogP contribution in [0, 0.1) is 12.7 Å². The number of nitrogens with two attached hydrogens (primary N) is 1. The molecule has 0 radical (unpaired) electrons. The molecule has 0 unspecified atom stereocenters. The van der Waals surface area contributed by atoms with E-state index in [0.717, 1.165) is 34.2 Å². The largest absolute Gasteiger partial charge is 0.404 e. The standard InChI is InChI=1S/C31H31FN8O/c1-5-7-9-19(13-33)22-11-10-18(3)27-28(22)39-30(38-27)29-25-26(32)23(16-35-31(25)40(4)17-36-29)20-12-21(15-34-14-20)37-24(41)8-6-2/h5,7,9-16H,1,6,8,17,33H2,2-4H3,(H,37,41)(H,38,39)/b9-7-,19-13+. The normalized spacial score (nSPS) is 13.4. The van der Waals surface area contributed by atoms with Crippen molar-refractivity contribution in [3.63, 3.8) is 0 Å². The van der Waals surface area contributed by atoms with Gasteiger partial charge in [-0.2, -0.15) is 0 Å². The summed E-state index contributed by atoms with van der Waals surface area (Å²) in [4.78, 5) is 35.6. The zero-order valence-corrected chi connectivity index (χ0v) is 23.2. The quantitative estimate of drug-likeness (QED) is 0.249. The van der Waals surface area contributed by atoms with Gasteiger partial charge in [-0.05, 0) is 30.5 Å². The van der Waals surface area contributed by atoms with Crippen LogP contribution in [0.2, 0.25) is 0 Å². The number of fused-ring (bicyclic) bond motifs is 2. The number of carbonyl (C=O) groups is 1. The topological polar surface area (TPSA) is 125 Å². The molecule has 4 aromatic rings. The lowest BCUT2D eigenvalue weighted by molar-refractivity contribution is -0.116. The maximum absolute atomic E-state index is 16.5. The van der Waals surface area contributed by atoms with Gasteiger partial charge in [-0.25, -0.2) is 14.4 Å². The molecule has 10 heteroatoms. The van der Waals surface area contributed by atoms with E-state index in [9.17, 15) is 4.79 Å².